The number of carbonyl (C=O) groups is 2. The van der Waals surface area contributed by atoms with E-state index in [4.69, 9.17) is 10.5 Å². The first-order valence-corrected chi connectivity index (χ1v) is 8.05. The minimum Gasteiger partial charge on any atom is -0.497 e. The molecule has 1 aromatic rings. The number of piperidine rings is 1. The van der Waals surface area contributed by atoms with Gasteiger partial charge in [0.05, 0.1) is 13.7 Å². The van der Waals surface area contributed by atoms with E-state index in [2.05, 4.69) is 4.90 Å². The van der Waals surface area contributed by atoms with Gasteiger partial charge in [0.25, 0.3) is 0 Å². The Morgan fingerprint density at radius 1 is 1.17 bits per heavy atom. The van der Waals surface area contributed by atoms with Gasteiger partial charge in [-0.1, -0.05) is 6.42 Å². The van der Waals surface area contributed by atoms with E-state index in [1.807, 2.05) is 12.1 Å². The van der Waals surface area contributed by atoms with Crippen molar-refractivity contribution in [2.45, 2.75) is 25.7 Å². The quantitative estimate of drug-likeness (QED) is 0.824. The fourth-order valence-electron chi connectivity index (χ4n) is 2.78. The molecule has 2 N–H and O–H groups in total. The Hall–Kier alpha value is -2.08. The first-order valence-electron chi connectivity index (χ1n) is 8.05. The van der Waals surface area contributed by atoms with Crippen molar-refractivity contribution in [3.63, 3.8) is 0 Å². The molecule has 2 amide bonds. The SMILES string of the molecule is COc1ccc(N(CCC(N)=O)C(=O)CN2CCCCC2)cc1. The molecule has 1 saturated heterocycles. The summed E-state index contributed by atoms with van der Waals surface area (Å²) in [5, 5.41) is 0. The van der Waals surface area contributed by atoms with Crippen LogP contribution in [0, 0.1) is 0 Å². The number of likely N-dealkylation sites (tertiary alicyclic amines) is 1. The largest absolute Gasteiger partial charge is 0.497 e. The molecule has 0 aromatic heterocycles. The van der Waals surface area contributed by atoms with Gasteiger partial charge in [-0.05, 0) is 50.2 Å². The number of benzene rings is 1. The number of amides is 2. The molecule has 6 heteroatoms. The second-order valence-corrected chi connectivity index (χ2v) is 5.80. The van der Waals surface area contributed by atoms with Gasteiger partial charge in [0.15, 0.2) is 0 Å². The molecule has 126 valence electrons. The van der Waals surface area contributed by atoms with Crippen LogP contribution in [0.25, 0.3) is 0 Å². The van der Waals surface area contributed by atoms with E-state index in [9.17, 15) is 9.59 Å². The van der Waals surface area contributed by atoms with Crippen molar-refractivity contribution in [1.29, 1.82) is 0 Å². The van der Waals surface area contributed by atoms with E-state index < -0.39 is 5.91 Å². The van der Waals surface area contributed by atoms with Crippen molar-refractivity contribution in [3.05, 3.63) is 24.3 Å². The Bertz CT molecular complexity index is 524. The normalized spacial score (nSPS) is 15.2. The highest BCUT2D eigenvalue weighted by molar-refractivity contribution is 5.95. The number of ether oxygens (including phenoxy) is 1. The fraction of sp³-hybridized carbons (Fsp3) is 0.529. The summed E-state index contributed by atoms with van der Waals surface area (Å²) in [6.07, 6.45) is 3.65. The van der Waals surface area contributed by atoms with E-state index in [1.165, 1.54) is 6.42 Å². The average molecular weight is 319 g/mol. The van der Waals surface area contributed by atoms with Crippen LogP contribution in [-0.2, 0) is 9.59 Å². The van der Waals surface area contributed by atoms with Crippen LogP contribution in [0.1, 0.15) is 25.7 Å². The van der Waals surface area contributed by atoms with Crippen LogP contribution in [0.4, 0.5) is 5.69 Å². The predicted molar refractivity (Wildman–Crippen MR) is 89.4 cm³/mol. The Labute approximate surface area is 137 Å². The highest BCUT2D eigenvalue weighted by atomic mass is 16.5. The van der Waals surface area contributed by atoms with Gasteiger partial charge in [-0.2, -0.15) is 0 Å². The van der Waals surface area contributed by atoms with Gasteiger partial charge in [0.1, 0.15) is 5.75 Å². The van der Waals surface area contributed by atoms with E-state index >= 15 is 0 Å². The molecule has 2 rings (SSSR count). The summed E-state index contributed by atoms with van der Waals surface area (Å²) in [4.78, 5) is 27.6. The lowest BCUT2D eigenvalue weighted by molar-refractivity contribution is -0.120. The number of carbonyl (C=O) groups excluding carboxylic acids is 2. The van der Waals surface area contributed by atoms with Crippen molar-refractivity contribution in [3.8, 4) is 5.75 Å². The van der Waals surface area contributed by atoms with Crippen molar-refractivity contribution >= 4 is 17.5 Å². The van der Waals surface area contributed by atoms with Gasteiger partial charge < -0.3 is 15.4 Å². The Balaban J connectivity index is 2.07. The van der Waals surface area contributed by atoms with E-state index in [0.717, 1.165) is 37.4 Å². The van der Waals surface area contributed by atoms with Crippen LogP contribution in [0.15, 0.2) is 24.3 Å². The third kappa shape index (κ3) is 5.25. The van der Waals surface area contributed by atoms with Gasteiger partial charge in [0, 0.05) is 18.7 Å². The van der Waals surface area contributed by atoms with Crippen LogP contribution in [0.3, 0.4) is 0 Å². The fourth-order valence-corrected chi connectivity index (χ4v) is 2.78. The predicted octanol–water partition coefficient (Wildman–Crippen LogP) is 1.39. The minimum atomic E-state index is -0.408. The highest BCUT2D eigenvalue weighted by Crippen LogP contribution is 2.20. The summed E-state index contributed by atoms with van der Waals surface area (Å²) in [5.41, 5.74) is 6.00. The number of nitrogens with two attached hydrogens (primary N) is 1. The van der Waals surface area contributed by atoms with Crippen molar-refractivity contribution < 1.29 is 14.3 Å². The maximum absolute atomic E-state index is 12.7. The van der Waals surface area contributed by atoms with Crippen molar-refractivity contribution in [2.75, 3.05) is 38.2 Å². The second-order valence-electron chi connectivity index (χ2n) is 5.80. The zero-order valence-electron chi connectivity index (χ0n) is 13.7. The number of primary amides is 1. The monoisotopic (exact) mass is 319 g/mol. The zero-order chi connectivity index (χ0) is 16.7. The summed E-state index contributed by atoms with van der Waals surface area (Å²) < 4.78 is 5.14. The van der Waals surface area contributed by atoms with Gasteiger partial charge in [-0.3, -0.25) is 14.5 Å². The van der Waals surface area contributed by atoms with Crippen molar-refractivity contribution in [2.24, 2.45) is 5.73 Å². The lowest BCUT2D eigenvalue weighted by Gasteiger charge is -2.29. The molecule has 1 aliphatic heterocycles. The number of anilines is 1. The number of hydrogen-bond acceptors (Lipinski definition) is 4. The summed E-state index contributed by atoms with van der Waals surface area (Å²) >= 11 is 0. The van der Waals surface area contributed by atoms with E-state index in [0.29, 0.717) is 13.1 Å². The maximum Gasteiger partial charge on any atom is 0.241 e. The smallest absolute Gasteiger partial charge is 0.241 e. The first-order chi connectivity index (χ1) is 11.1. The molecule has 0 saturated carbocycles. The molecule has 1 aliphatic rings. The van der Waals surface area contributed by atoms with Crippen LogP contribution in [-0.4, -0.2) is 50.0 Å². The van der Waals surface area contributed by atoms with Crippen molar-refractivity contribution in [1.82, 2.24) is 4.90 Å². The molecular formula is C17H25N3O3. The van der Waals surface area contributed by atoms with E-state index in [1.54, 1.807) is 24.1 Å². The summed E-state index contributed by atoms with van der Waals surface area (Å²) in [6, 6.07) is 7.27. The number of nitrogens with zero attached hydrogens (tertiary/aromatic N) is 2. The summed E-state index contributed by atoms with van der Waals surface area (Å²) in [5.74, 6) is 0.319. The van der Waals surface area contributed by atoms with Gasteiger partial charge in [0.2, 0.25) is 11.8 Å². The van der Waals surface area contributed by atoms with Crippen LogP contribution in [0.5, 0.6) is 5.75 Å². The molecule has 6 nitrogen and oxygen atoms in total. The van der Waals surface area contributed by atoms with Crippen LogP contribution >= 0.6 is 0 Å². The molecule has 0 atom stereocenters. The Morgan fingerprint density at radius 2 is 1.83 bits per heavy atom. The molecule has 1 fully saturated rings. The number of hydrogen-bond donors (Lipinski definition) is 1. The standard InChI is InChI=1S/C17H25N3O3/c1-23-15-7-5-14(6-8-15)20(12-9-16(18)21)17(22)13-19-10-3-2-4-11-19/h5-8H,2-4,9-13H2,1H3,(H2,18,21). The molecule has 23 heavy (non-hydrogen) atoms. The Kier molecular flexibility index (Phi) is 6.40. The second kappa shape index (κ2) is 8.53. The lowest BCUT2D eigenvalue weighted by atomic mass is 10.1. The summed E-state index contributed by atoms with van der Waals surface area (Å²) in [7, 11) is 1.60. The molecule has 1 aromatic carbocycles. The molecule has 0 aliphatic carbocycles. The number of methoxy groups -OCH3 is 1. The summed E-state index contributed by atoms with van der Waals surface area (Å²) in [6.45, 7) is 2.59. The lowest BCUT2D eigenvalue weighted by Crippen LogP contribution is -2.43. The van der Waals surface area contributed by atoms with Crippen LogP contribution < -0.4 is 15.4 Å². The van der Waals surface area contributed by atoms with Gasteiger partial charge in [-0.15, -0.1) is 0 Å². The van der Waals surface area contributed by atoms with E-state index in [-0.39, 0.29) is 12.3 Å². The average Bonchev–Trinajstić information content (AvgIpc) is 2.56. The number of rotatable bonds is 7. The third-order valence-electron chi connectivity index (χ3n) is 4.07. The molecular weight excluding hydrogens is 294 g/mol. The topological polar surface area (TPSA) is 75.9 Å². The molecule has 0 bridgehead atoms. The molecule has 0 radical (unpaired) electrons. The highest BCUT2D eigenvalue weighted by Gasteiger charge is 2.20. The Morgan fingerprint density at radius 3 is 2.39 bits per heavy atom. The maximum atomic E-state index is 12.7. The molecule has 0 spiro atoms. The molecule has 1 heterocycles. The minimum absolute atomic E-state index is 0.00156. The first kappa shape index (κ1) is 17.3. The molecule has 0 unspecified atom stereocenters. The van der Waals surface area contributed by atoms with Gasteiger partial charge >= 0.3 is 0 Å². The van der Waals surface area contributed by atoms with Gasteiger partial charge in [-0.25, -0.2) is 0 Å². The zero-order valence-corrected chi connectivity index (χ0v) is 13.7. The van der Waals surface area contributed by atoms with Crippen LogP contribution in [0.2, 0.25) is 0 Å². The third-order valence-corrected chi connectivity index (χ3v) is 4.07.